The molecule has 3 heteroatoms. The Balaban J connectivity index is 2.01. The average Bonchev–Trinajstić information content (AvgIpc) is 2.88. The van der Waals surface area contributed by atoms with Crippen molar-refractivity contribution in [2.45, 2.75) is 20.3 Å². The molecule has 0 bridgehead atoms. The van der Waals surface area contributed by atoms with Gasteiger partial charge in [0.25, 0.3) is 6.33 Å². The lowest BCUT2D eigenvalue weighted by Crippen LogP contribution is -2.33. The molecule has 0 atom stereocenters. The lowest BCUT2D eigenvalue weighted by Gasteiger charge is -2.10. The van der Waals surface area contributed by atoms with Crippen molar-refractivity contribution in [2.75, 3.05) is 0 Å². The first-order valence-corrected chi connectivity index (χ1v) is 7.54. The molecule has 0 aliphatic heterocycles. The van der Waals surface area contributed by atoms with E-state index in [-0.39, 0.29) is 0 Å². The Hall–Kier alpha value is -2.55. The van der Waals surface area contributed by atoms with Crippen LogP contribution in [-0.2, 0) is 13.5 Å². The van der Waals surface area contributed by atoms with Crippen molar-refractivity contribution in [3.05, 3.63) is 65.2 Å². The minimum Gasteiger partial charge on any atom is -0.260 e. The van der Waals surface area contributed by atoms with Crippen molar-refractivity contribution in [3.63, 3.8) is 0 Å². The Labute approximate surface area is 130 Å². The van der Waals surface area contributed by atoms with Gasteiger partial charge in [-0.25, -0.2) is 4.57 Å². The molecule has 4 rings (SSSR count). The van der Waals surface area contributed by atoms with Crippen molar-refractivity contribution in [1.29, 1.82) is 0 Å². The van der Waals surface area contributed by atoms with Crippen LogP contribution in [0.4, 0.5) is 0 Å². The summed E-state index contributed by atoms with van der Waals surface area (Å²) in [4.78, 5) is 9.19. The second-order valence-corrected chi connectivity index (χ2v) is 6.02. The lowest BCUT2D eigenvalue weighted by atomic mass is 9.98. The van der Waals surface area contributed by atoms with Crippen LogP contribution in [0, 0.1) is 13.8 Å². The van der Waals surface area contributed by atoms with Gasteiger partial charge in [0.15, 0.2) is 5.69 Å². The van der Waals surface area contributed by atoms with Crippen LogP contribution >= 0.6 is 0 Å². The molecule has 1 aliphatic rings. The summed E-state index contributed by atoms with van der Waals surface area (Å²) < 4.78 is 2.13. The van der Waals surface area contributed by atoms with E-state index >= 15 is 0 Å². The molecule has 3 aromatic rings. The normalized spacial score (nSPS) is 12.1. The van der Waals surface area contributed by atoms with Gasteiger partial charge in [0.05, 0.1) is 18.3 Å². The van der Waals surface area contributed by atoms with Crippen molar-refractivity contribution < 1.29 is 4.57 Å². The summed E-state index contributed by atoms with van der Waals surface area (Å²) in [7, 11) is 2.07. The Morgan fingerprint density at radius 1 is 1.05 bits per heavy atom. The summed E-state index contributed by atoms with van der Waals surface area (Å²) >= 11 is 0. The second kappa shape index (κ2) is 4.73. The molecule has 3 nitrogen and oxygen atoms in total. The Bertz CT molecular complexity index is 897. The van der Waals surface area contributed by atoms with Crippen LogP contribution in [0.2, 0.25) is 0 Å². The third-order valence-electron chi connectivity index (χ3n) is 4.42. The Morgan fingerprint density at radius 3 is 2.77 bits per heavy atom. The first kappa shape index (κ1) is 13.1. The van der Waals surface area contributed by atoms with Crippen LogP contribution in [-0.4, -0.2) is 9.97 Å². The molecule has 0 fully saturated rings. The van der Waals surface area contributed by atoms with Gasteiger partial charge in [-0.05, 0) is 42.6 Å². The summed E-state index contributed by atoms with van der Waals surface area (Å²) in [6.45, 7) is 4.31. The van der Waals surface area contributed by atoms with Gasteiger partial charge in [0, 0.05) is 23.7 Å². The van der Waals surface area contributed by atoms with E-state index in [2.05, 4.69) is 59.7 Å². The van der Waals surface area contributed by atoms with Gasteiger partial charge in [0.1, 0.15) is 5.69 Å². The highest BCUT2D eigenvalue weighted by molar-refractivity contribution is 5.79. The van der Waals surface area contributed by atoms with E-state index in [4.69, 9.17) is 0 Å². The number of hydrogen-bond donors (Lipinski definition) is 0. The van der Waals surface area contributed by atoms with E-state index < -0.39 is 0 Å². The maximum atomic E-state index is 4.66. The summed E-state index contributed by atoms with van der Waals surface area (Å²) in [5.41, 5.74) is 9.77. The summed E-state index contributed by atoms with van der Waals surface area (Å²) in [6.07, 6.45) is 4.64. The van der Waals surface area contributed by atoms with Crippen LogP contribution in [0.5, 0.6) is 0 Å². The number of pyridine rings is 1. The van der Waals surface area contributed by atoms with E-state index in [1.54, 1.807) is 0 Å². The number of nitrogens with zero attached hydrogens (tertiary/aromatic N) is 3. The average molecular weight is 288 g/mol. The maximum absolute atomic E-state index is 4.66. The summed E-state index contributed by atoms with van der Waals surface area (Å²) in [5.74, 6) is 0. The van der Waals surface area contributed by atoms with Gasteiger partial charge in [-0.3, -0.25) is 4.98 Å². The van der Waals surface area contributed by atoms with Gasteiger partial charge < -0.3 is 0 Å². The molecule has 108 valence electrons. The predicted octanol–water partition coefficient (Wildman–Crippen LogP) is 3.16. The molecule has 2 aromatic heterocycles. The number of aromatic nitrogens is 3. The molecule has 0 radical (unpaired) electrons. The molecule has 1 aliphatic carbocycles. The summed E-state index contributed by atoms with van der Waals surface area (Å²) in [6, 6.07) is 10.7. The van der Waals surface area contributed by atoms with Crippen LogP contribution in [0.25, 0.3) is 22.5 Å². The minimum atomic E-state index is 0.857. The van der Waals surface area contributed by atoms with E-state index in [9.17, 15) is 0 Å². The SMILES string of the molecule is Cc1ccc(C)c(-c2c3c(nc[n+]2C)-c2cccnc2C3)c1. The van der Waals surface area contributed by atoms with E-state index in [1.165, 1.54) is 33.5 Å². The van der Waals surface area contributed by atoms with Crippen molar-refractivity contribution in [3.8, 4) is 22.5 Å². The summed E-state index contributed by atoms with van der Waals surface area (Å²) in [5, 5.41) is 0. The smallest absolute Gasteiger partial charge is 0.260 e. The standard InChI is InChI=1S/C19H18N3/c1-12-6-7-13(2)15(9-12)19-16-10-17-14(5-4-8-20-17)18(16)21-11-22(19)3/h4-9,11H,10H2,1-3H3/q+1. The van der Waals surface area contributed by atoms with E-state index in [1.807, 2.05) is 18.6 Å². The van der Waals surface area contributed by atoms with Crippen molar-refractivity contribution >= 4 is 0 Å². The second-order valence-electron chi connectivity index (χ2n) is 6.02. The molecule has 0 amide bonds. The maximum Gasteiger partial charge on any atom is 0.287 e. The lowest BCUT2D eigenvalue weighted by molar-refractivity contribution is -0.663. The zero-order valence-corrected chi connectivity index (χ0v) is 13.1. The molecular formula is C19H18N3+. The molecule has 0 spiro atoms. The first-order valence-electron chi connectivity index (χ1n) is 7.54. The third-order valence-corrected chi connectivity index (χ3v) is 4.42. The number of benzene rings is 1. The molecule has 0 N–H and O–H groups in total. The van der Waals surface area contributed by atoms with Crippen molar-refractivity contribution in [1.82, 2.24) is 9.97 Å². The fourth-order valence-corrected chi connectivity index (χ4v) is 3.31. The van der Waals surface area contributed by atoms with Gasteiger partial charge in [-0.1, -0.05) is 17.7 Å². The van der Waals surface area contributed by atoms with Crippen LogP contribution in [0.1, 0.15) is 22.4 Å². The van der Waals surface area contributed by atoms with Crippen LogP contribution in [0.15, 0.2) is 42.9 Å². The Morgan fingerprint density at radius 2 is 1.91 bits per heavy atom. The molecule has 22 heavy (non-hydrogen) atoms. The van der Waals surface area contributed by atoms with Crippen LogP contribution < -0.4 is 4.57 Å². The fraction of sp³-hybridized carbons (Fsp3) is 0.211. The zero-order valence-electron chi connectivity index (χ0n) is 13.1. The van der Waals surface area contributed by atoms with Gasteiger partial charge in [-0.2, -0.15) is 0 Å². The predicted molar refractivity (Wildman–Crippen MR) is 86.4 cm³/mol. The first-order chi connectivity index (χ1) is 10.6. The monoisotopic (exact) mass is 288 g/mol. The number of fused-ring (bicyclic) bond motifs is 3. The Kier molecular flexibility index (Phi) is 2.83. The third kappa shape index (κ3) is 1.86. The highest BCUT2D eigenvalue weighted by Gasteiger charge is 2.31. The fourth-order valence-electron chi connectivity index (χ4n) is 3.31. The van der Waals surface area contributed by atoms with Crippen molar-refractivity contribution in [2.24, 2.45) is 7.05 Å². The highest BCUT2D eigenvalue weighted by Crippen LogP contribution is 2.38. The number of hydrogen-bond acceptors (Lipinski definition) is 2. The largest absolute Gasteiger partial charge is 0.287 e. The molecular weight excluding hydrogens is 270 g/mol. The number of rotatable bonds is 1. The zero-order chi connectivity index (χ0) is 15.3. The van der Waals surface area contributed by atoms with E-state index in [0.717, 1.165) is 17.8 Å². The van der Waals surface area contributed by atoms with E-state index in [0.29, 0.717) is 0 Å². The van der Waals surface area contributed by atoms with Gasteiger partial charge >= 0.3 is 0 Å². The molecule has 1 aromatic carbocycles. The highest BCUT2D eigenvalue weighted by atomic mass is 15.0. The molecule has 0 unspecified atom stereocenters. The molecule has 2 heterocycles. The minimum absolute atomic E-state index is 0.857. The topological polar surface area (TPSA) is 29.7 Å². The molecule has 0 saturated heterocycles. The molecule has 0 saturated carbocycles. The number of aryl methyl sites for hydroxylation is 3. The van der Waals surface area contributed by atoms with Gasteiger partial charge in [0.2, 0.25) is 0 Å². The van der Waals surface area contributed by atoms with Crippen LogP contribution in [0.3, 0.4) is 0 Å². The quantitative estimate of drug-likeness (QED) is 0.504. The van der Waals surface area contributed by atoms with Gasteiger partial charge in [-0.15, -0.1) is 0 Å².